The lowest BCUT2D eigenvalue weighted by atomic mass is 9.95. The van der Waals surface area contributed by atoms with E-state index in [1.54, 1.807) is 0 Å². The number of esters is 1. The monoisotopic (exact) mass is 484 g/mol. The molecule has 0 unspecified atom stereocenters. The van der Waals surface area contributed by atoms with E-state index in [0.717, 1.165) is 6.07 Å². The minimum absolute atomic E-state index is 0.0438. The van der Waals surface area contributed by atoms with Gasteiger partial charge in [-0.3, -0.25) is 0 Å². The smallest absolute Gasteiger partial charge is 0.464 e. The summed E-state index contributed by atoms with van der Waals surface area (Å²) in [6.45, 7) is 7.21. The van der Waals surface area contributed by atoms with Crippen LogP contribution in [0.3, 0.4) is 0 Å². The molecule has 0 aromatic heterocycles. The highest BCUT2D eigenvalue weighted by molar-refractivity contribution is 7.88. The minimum Gasteiger partial charge on any atom is -0.464 e. The van der Waals surface area contributed by atoms with E-state index in [1.165, 1.54) is 34.6 Å². The Hall–Kier alpha value is -2.47. The van der Waals surface area contributed by atoms with Gasteiger partial charge < -0.3 is 13.7 Å². The number of carbonyl (C=O) groups is 1. The number of hydrogen-bond donors (Lipinski definition) is 0. The fraction of sp³-hybridized carbons (Fsp3) is 0.450. The van der Waals surface area contributed by atoms with Gasteiger partial charge in [0.2, 0.25) is 0 Å². The zero-order chi connectivity index (χ0) is 24.6. The van der Waals surface area contributed by atoms with E-state index in [4.69, 9.17) is 9.47 Å². The lowest BCUT2D eigenvalue weighted by Gasteiger charge is -2.29. The highest BCUT2D eigenvalue weighted by Crippen LogP contribution is 2.43. The van der Waals surface area contributed by atoms with Crippen molar-refractivity contribution in [2.24, 2.45) is 0 Å². The summed E-state index contributed by atoms with van der Waals surface area (Å²) < 4.78 is 106. The van der Waals surface area contributed by atoms with Crippen LogP contribution >= 0.6 is 0 Å². The molecule has 2 rings (SSSR count). The molecule has 2 aromatic carbocycles. The Kier molecular flexibility index (Phi) is 7.10. The van der Waals surface area contributed by atoms with Crippen LogP contribution in [0.1, 0.15) is 44.9 Å². The summed E-state index contributed by atoms with van der Waals surface area (Å²) in [6, 6.07) is 2.19. The number of carbonyl (C=O) groups excluding carboxylic acids is 1. The maximum atomic E-state index is 14.4. The van der Waals surface area contributed by atoms with Crippen LogP contribution in [0.2, 0.25) is 0 Å². The van der Waals surface area contributed by atoms with Crippen molar-refractivity contribution >= 4 is 26.9 Å². The summed E-state index contributed by atoms with van der Waals surface area (Å²) in [5.74, 6) is -4.52. The van der Waals surface area contributed by atoms with Gasteiger partial charge in [0.05, 0.1) is 12.2 Å². The van der Waals surface area contributed by atoms with Crippen LogP contribution in [0.5, 0.6) is 5.75 Å². The van der Waals surface area contributed by atoms with Gasteiger partial charge in [0, 0.05) is 22.4 Å². The van der Waals surface area contributed by atoms with Gasteiger partial charge in [0.15, 0.2) is 11.9 Å². The number of fused-ring (bicyclic) bond motifs is 1. The zero-order valence-electron chi connectivity index (χ0n) is 17.8. The molecule has 0 radical (unpaired) electrons. The molecule has 32 heavy (non-hydrogen) atoms. The van der Waals surface area contributed by atoms with E-state index < -0.39 is 67.0 Å². The van der Waals surface area contributed by atoms with Crippen LogP contribution in [0, 0.1) is 18.6 Å². The van der Waals surface area contributed by atoms with Crippen molar-refractivity contribution in [3.63, 3.8) is 0 Å². The van der Waals surface area contributed by atoms with Crippen LogP contribution < -0.4 is 4.18 Å². The second-order valence-corrected chi connectivity index (χ2v) is 9.30. The third kappa shape index (κ3) is 5.47. The molecule has 0 aliphatic rings. The molecule has 0 spiro atoms. The summed E-state index contributed by atoms with van der Waals surface area (Å²) >= 11 is 0. The fourth-order valence-electron chi connectivity index (χ4n) is 2.91. The average Bonchev–Trinajstić information content (AvgIpc) is 2.59. The molecule has 0 heterocycles. The molecular weight excluding hydrogens is 463 g/mol. The molecule has 0 bridgehead atoms. The third-order valence-electron chi connectivity index (χ3n) is 4.08. The van der Waals surface area contributed by atoms with E-state index in [2.05, 4.69) is 4.18 Å². The SMILES string of the molecule is CCOC(=O)[C@@H](OC(C)(C)C)c1c(C)cc2c(F)cc(F)cc2c1OS(=O)(=O)C(F)(F)F. The van der Waals surface area contributed by atoms with Gasteiger partial charge in [-0.2, -0.15) is 21.6 Å². The predicted octanol–water partition coefficient (Wildman–Crippen LogP) is 5.07. The normalized spacial score (nSPS) is 13.8. The molecule has 1 atom stereocenters. The van der Waals surface area contributed by atoms with E-state index in [-0.39, 0.29) is 12.2 Å². The first kappa shape index (κ1) is 25.8. The number of alkyl halides is 3. The van der Waals surface area contributed by atoms with Crippen molar-refractivity contribution < 1.29 is 48.8 Å². The standard InChI is InChI=1S/C20H21F5O6S/c1-6-29-18(26)17(30-19(3,4)5)15-10(2)7-12-13(8-11(21)9-14(12)22)16(15)31-32(27,28)20(23,24)25/h7-9,17H,6H2,1-5H3/t17-/m0/s1. The first-order valence-electron chi connectivity index (χ1n) is 9.26. The second-order valence-electron chi connectivity index (χ2n) is 7.76. The molecule has 0 saturated heterocycles. The molecule has 0 saturated carbocycles. The van der Waals surface area contributed by atoms with Crippen LogP contribution in [-0.2, 0) is 24.4 Å². The second kappa shape index (κ2) is 8.81. The molecule has 0 N–H and O–H groups in total. The highest BCUT2D eigenvalue weighted by Gasteiger charge is 2.49. The van der Waals surface area contributed by atoms with Gasteiger partial charge in [-0.05, 0) is 52.3 Å². The summed E-state index contributed by atoms with van der Waals surface area (Å²) in [7, 11) is -6.27. The Morgan fingerprint density at radius 3 is 2.16 bits per heavy atom. The third-order valence-corrected chi connectivity index (χ3v) is 5.03. The van der Waals surface area contributed by atoms with Gasteiger partial charge in [-0.15, -0.1) is 0 Å². The molecule has 0 aliphatic heterocycles. The lowest BCUT2D eigenvalue weighted by Crippen LogP contribution is -2.31. The van der Waals surface area contributed by atoms with Crippen molar-refractivity contribution in [1.29, 1.82) is 0 Å². The average molecular weight is 484 g/mol. The molecule has 0 amide bonds. The molecule has 6 nitrogen and oxygen atoms in total. The molecule has 12 heteroatoms. The Morgan fingerprint density at radius 2 is 1.66 bits per heavy atom. The Balaban J connectivity index is 2.97. The van der Waals surface area contributed by atoms with Gasteiger partial charge >= 0.3 is 21.6 Å². The van der Waals surface area contributed by atoms with Crippen molar-refractivity contribution in [1.82, 2.24) is 0 Å². The topological polar surface area (TPSA) is 78.9 Å². The largest absolute Gasteiger partial charge is 0.534 e. The van der Waals surface area contributed by atoms with Gasteiger partial charge in [0.25, 0.3) is 0 Å². The van der Waals surface area contributed by atoms with Gasteiger partial charge in [-0.25, -0.2) is 13.6 Å². The van der Waals surface area contributed by atoms with Crippen molar-refractivity contribution in [2.75, 3.05) is 6.61 Å². The highest BCUT2D eigenvalue weighted by atomic mass is 32.2. The predicted molar refractivity (Wildman–Crippen MR) is 104 cm³/mol. The van der Waals surface area contributed by atoms with E-state index in [0.29, 0.717) is 12.1 Å². The fourth-order valence-corrected chi connectivity index (χ4v) is 3.40. The van der Waals surface area contributed by atoms with Crippen LogP contribution in [0.15, 0.2) is 18.2 Å². The Bertz CT molecular complexity index is 1140. The van der Waals surface area contributed by atoms with Crippen LogP contribution in [-0.4, -0.2) is 32.1 Å². The number of halogens is 5. The number of hydrogen-bond acceptors (Lipinski definition) is 6. The summed E-state index contributed by atoms with van der Waals surface area (Å²) in [5, 5.41) is -1.05. The first-order valence-corrected chi connectivity index (χ1v) is 10.7. The van der Waals surface area contributed by atoms with E-state index in [1.807, 2.05) is 0 Å². The maximum Gasteiger partial charge on any atom is 0.534 e. The van der Waals surface area contributed by atoms with Crippen molar-refractivity contribution in [3.8, 4) is 5.75 Å². The molecule has 0 fully saturated rings. The van der Waals surface area contributed by atoms with E-state index in [9.17, 15) is 35.2 Å². The summed E-state index contributed by atoms with van der Waals surface area (Å²) in [5.41, 5.74) is -7.43. The number of benzene rings is 2. The quantitative estimate of drug-likeness (QED) is 0.247. The molecule has 0 aliphatic carbocycles. The minimum atomic E-state index is -6.27. The molecular formula is C20H21F5O6S. The summed E-state index contributed by atoms with van der Waals surface area (Å²) in [6.07, 6.45) is -1.76. The van der Waals surface area contributed by atoms with Crippen molar-refractivity contribution in [2.45, 2.75) is 51.8 Å². The zero-order valence-corrected chi connectivity index (χ0v) is 18.6. The van der Waals surface area contributed by atoms with Crippen LogP contribution in [0.25, 0.3) is 10.8 Å². The van der Waals surface area contributed by atoms with Gasteiger partial charge in [-0.1, -0.05) is 0 Å². The number of rotatable bonds is 6. The Labute approximate surface area is 181 Å². The molecule has 2 aromatic rings. The van der Waals surface area contributed by atoms with E-state index >= 15 is 0 Å². The number of ether oxygens (including phenoxy) is 2. The Morgan fingerprint density at radius 1 is 1.06 bits per heavy atom. The van der Waals surface area contributed by atoms with Crippen LogP contribution in [0.4, 0.5) is 22.0 Å². The molecule has 178 valence electrons. The van der Waals surface area contributed by atoms with Crippen molar-refractivity contribution in [3.05, 3.63) is 41.0 Å². The first-order chi connectivity index (χ1) is 14.5. The lowest BCUT2D eigenvalue weighted by molar-refractivity contribution is -0.167. The maximum absolute atomic E-state index is 14.4. The summed E-state index contributed by atoms with van der Waals surface area (Å²) in [4.78, 5) is 12.6. The number of aryl methyl sites for hydroxylation is 1. The van der Waals surface area contributed by atoms with Gasteiger partial charge in [0.1, 0.15) is 11.6 Å².